The van der Waals surface area contributed by atoms with Crippen molar-refractivity contribution in [2.45, 2.75) is 39.2 Å². The first-order chi connectivity index (χ1) is 12.5. The smallest absolute Gasteiger partial charge is 0.417 e. The highest BCUT2D eigenvalue weighted by Gasteiger charge is 2.37. The van der Waals surface area contributed by atoms with Gasteiger partial charge in [-0.25, -0.2) is 0 Å². The van der Waals surface area contributed by atoms with Crippen LogP contribution in [-0.2, 0) is 36.0 Å². The van der Waals surface area contributed by atoms with E-state index < -0.39 is 34.7 Å². The zero-order valence-corrected chi connectivity index (χ0v) is 15.0. The number of aliphatic carboxylic acids is 1. The monoisotopic (exact) mass is 381 g/mol. The van der Waals surface area contributed by atoms with Gasteiger partial charge >= 0.3 is 12.1 Å². The number of aryl methyl sites for hydroxylation is 1. The van der Waals surface area contributed by atoms with Crippen molar-refractivity contribution >= 4 is 5.97 Å². The van der Waals surface area contributed by atoms with Crippen molar-refractivity contribution in [3.63, 3.8) is 0 Å². The summed E-state index contributed by atoms with van der Waals surface area (Å²) in [6, 6.07) is 3.82. The van der Waals surface area contributed by atoms with E-state index in [1.807, 2.05) is 0 Å². The van der Waals surface area contributed by atoms with Gasteiger partial charge in [-0.15, -0.1) is 0 Å². The van der Waals surface area contributed by atoms with Gasteiger partial charge in [0.15, 0.2) is 0 Å². The summed E-state index contributed by atoms with van der Waals surface area (Å²) in [6.07, 6.45) is -4.70. The summed E-state index contributed by atoms with van der Waals surface area (Å²) in [5, 5.41) is 9.27. The van der Waals surface area contributed by atoms with Gasteiger partial charge in [0.05, 0.1) is 30.3 Å². The normalized spacial score (nSPS) is 14.9. The Labute approximate surface area is 153 Å². The van der Waals surface area contributed by atoms with Gasteiger partial charge < -0.3 is 14.4 Å². The predicted molar refractivity (Wildman–Crippen MR) is 91.4 cm³/mol. The molecule has 27 heavy (non-hydrogen) atoms. The molecule has 1 atom stereocenters. The topological polar surface area (TPSA) is 68.5 Å². The number of aromatic nitrogens is 1. The quantitative estimate of drug-likeness (QED) is 0.882. The molecule has 1 aliphatic rings. The summed E-state index contributed by atoms with van der Waals surface area (Å²) < 4.78 is 47.5. The van der Waals surface area contributed by atoms with Gasteiger partial charge in [0.25, 0.3) is 5.56 Å². The number of carboxylic acid groups (broad SMARTS) is 1. The van der Waals surface area contributed by atoms with E-state index in [1.165, 1.54) is 37.6 Å². The number of halogens is 3. The van der Waals surface area contributed by atoms with Crippen LogP contribution in [0.2, 0.25) is 0 Å². The van der Waals surface area contributed by atoms with Crippen molar-refractivity contribution in [1.82, 2.24) is 4.57 Å². The minimum Gasteiger partial charge on any atom is -0.481 e. The fraction of sp³-hybridized carbons (Fsp3) is 0.368. The molecule has 2 heterocycles. The highest BCUT2D eigenvalue weighted by Crippen LogP contribution is 2.40. The molecular weight excluding hydrogens is 363 g/mol. The predicted octanol–water partition coefficient (Wildman–Crippen LogP) is 3.60. The van der Waals surface area contributed by atoms with Crippen molar-refractivity contribution < 1.29 is 27.8 Å². The first kappa shape index (κ1) is 19.2. The Morgan fingerprint density at radius 1 is 1.26 bits per heavy atom. The zero-order valence-electron chi connectivity index (χ0n) is 15.0. The number of hydrogen-bond donors (Lipinski definition) is 1. The van der Waals surface area contributed by atoms with Crippen LogP contribution >= 0.6 is 0 Å². The summed E-state index contributed by atoms with van der Waals surface area (Å²) in [7, 11) is 1.42. The molecule has 144 valence electrons. The summed E-state index contributed by atoms with van der Waals surface area (Å²) >= 11 is 0. The molecule has 5 nitrogen and oxygen atoms in total. The molecular formula is C19H18F3NO4. The number of rotatable bonds is 3. The molecule has 0 spiro atoms. The van der Waals surface area contributed by atoms with Gasteiger partial charge in [-0.3, -0.25) is 9.59 Å². The number of fused-ring (bicyclic) bond motifs is 1. The second-order valence-electron chi connectivity index (χ2n) is 6.65. The number of pyridine rings is 1. The second-order valence-corrected chi connectivity index (χ2v) is 6.65. The van der Waals surface area contributed by atoms with E-state index in [9.17, 15) is 27.9 Å². The lowest BCUT2D eigenvalue weighted by molar-refractivity contribution is -0.138. The van der Waals surface area contributed by atoms with Crippen LogP contribution in [-0.4, -0.2) is 15.6 Å². The lowest BCUT2D eigenvalue weighted by Gasteiger charge is -2.19. The van der Waals surface area contributed by atoms with Crippen LogP contribution in [0.15, 0.2) is 23.0 Å². The summed E-state index contributed by atoms with van der Waals surface area (Å²) in [5.41, 5.74) is -0.406. The molecule has 1 aromatic carbocycles. The fourth-order valence-corrected chi connectivity index (χ4v) is 3.38. The molecule has 0 saturated carbocycles. The maximum absolute atomic E-state index is 13.6. The average molecular weight is 381 g/mol. The van der Waals surface area contributed by atoms with Crippen LogP contribution in [0.25, 0.3) is 11.1 Å². The van der Waals surface area contributed by atoms with E-state index in [4.69, 9.17) is 4.74 Å². The molecule has 0 aliphatic carbocycles. The van der Waals surface area contributed by atoms with Gasteiger partial charge in [-0.1, -0.05) is 12.1 Å². The third kappa shape index (κ3) is 3.14. The third-order valence-corrected chi connectivity index (χ3v) is 5.04. The Morgan fingerprint density at radius 2 is 1.89 bits per heavy atom. The van der Waals surface area contributed by atoms with Crippen LogP contribution < -0.4 is 5.56 Å². The van der Waals surface area contributed by atoms with Crippen LogP contribution in [0, 0.1) is 6.92 Å². The summed E-state index contributed by atoms with van der Waals surface area (Å²) in [5.74, 6) is -1.88. The van der Waals surface area contributed by atoms with E-state index in [0.29, 0.717) is 16.7 Å². The van der Waals surface area contributed by atoms with Gasteiger partial charge in [0.1, 0.15) is 0 Å². The molecule has 8 heteroatoms. The van der Waals surface area contributed by atoms with E-state index >= 15 is 0 Å². The maximum atomic E-state index is 13.6. The molecule has 1 N–H and O–H groups in total. The number of ether oxygens (including phenoxy) is 1. The number of benzene rings is 1. The molecule has 1 aromatic heterocycles. The minimum atomic E-state index is -4.70. The van der Waals surface area contributed by atoms with Gasteiger partial charge in [0, 0.05) is 12.7 Å². The Hall–Kier alpha value is -2.61. The van der Waals surface area contributed by atoms with E-state index in [1.54, 1.807) is 0 Å². The number of hydrogen-bond acceptors (Lipinski definition) is 3. The number of nitrogens with zero attached hydrogens (tertiary/aromatic N) is 1. The largest absolute Gasteiger partial charge is 0.481 e. The Balaban J connectivity index is 2.34. The maximum Gasteiger partial charge on any atom is 0.417 e. The zero-order chi connectivity index (χ0) is 20.1. The van der Waals surface area contributed by atoms with Crippen molar-refractivity contribution in [3.8, 4) is 11.1 Å². The van der Waals surface area contributed by atoms with E-state index in [-0.39, 0.29) is 24.5 Å². The minimum absolute atomic E-state index is 0.0270. The standard InChI is InChI=1S/C19H18F3NO4/c1-9-6-15(19(20,21)22)16(17(24)23(9)3)12-5-4-11(10(2)18(25)26)13-7-27-8-14(12)13/h4-6,10H,7-8H2,1-3H3,(H,25,26). The van der Waals surface area contributed by atoms with Crippen molar-refractivity contribution in [2.24, 2.45) is 7.05 Å². The SMILES string of the molecule is Cc1cc(C(F)(F)F)c(-c2ccc(C(C)C(=O)O)c3c2COC3)c(=O)n1C. The molecule has 1 unspecified atom stereocenters. The molecule has 0 saturated heterocycles. The van der Waals surface area contributed by atoms with Gasteiger partial charge in [0.2, 0.25) is 0 Å². The fourth-order valence-electron chi connectivity index (χ4n) is 3.38. The lowest BCUT2D eigenvalue weighted by atomic mass is 9.87. The Bertz CT molecular complexity index is 992. The second kappa shape index (κ2) is 6.53. The van der Waals surface area contributed by atoms with Crippen LogP contribution in [0.5, 0.6) is 0 Å². The van der Waals surface area contributed by atoms with Crippen molar-refractivity contribution in [1.29, 1.82) is 0 Å². The lowest BCUT2D eigenvalue weighted by Crippen LogP contribution is -2.26. The van der Waals surface area contributed by atoms with Crippen molar-refractivity contribution in [2.75, 3.05) is 0 Å². The Kier molecular flexibility index (Phi) is 4.63. The first-order valence-electron chi connectivity index (χ1n) is 8.27. The van der Waals surface area contributed by atoms with Crippen LogP contribution in [0.4, 0.5) is 13.2 Å². The number of carboxylic acids is 1. The number of carbonyl (C=O) groups is 1. The molecule has 0 amide bonds. The molecule has 0 fully saturated rings. The van der Waals surface area contributed by atoms with Gasteiger partial charge in [-0.05, 0) is 42.2 Å². The van der Waals surface area contributed by atoms with Crippen LogP contribution in [0.1, 0.15) is 40.8 Å². The Morgan fingerprint density at radius 3 is 2.48 bits per heavy atom. The van der Waals surface area contributed by atoms with Crippen LogP contribution in [0.3, 0.4) is 0 Å². The third-order valence-electron chi connectivity index (χ3n) is 5.04. The number of alkyl halides is 3. The van der Waals surface area contributed by atoms with E-state index in [0.717, 1.165) is 6.07 Å². The summed E-state index contributed by atoms with van der Waals surface area (Å²) in [6.45, 7) is 3.07. The van der Waals surface area contributed by atoms with Crippen molar-refractivity contribution in [3.05, 3.63) is 56.5 Å². The molecule has 2 aromatic rings. The van der Waals surface area contributed by atoms with Gasteiger partial charge in [-0.2, -0.15) is 13.2 Å². The molecule has 0 radical (unpaired) electrons. The van der Waals surface area contributed by atoms with E-state index in [2.05, 4.69) is 0 Å². The average Bonchev–Trinajstić information content (AvgIpc) is 3.07. The highest BCUT2D eigenvalue weighted by atomic mass is 19.4. The molecule has 0 bridgehead atoms. The molecule has 3 rings (SSSR count). The first-order valence-corrected chi connectivity index (χ1v) is 8.27. The summed E-state index contributed by atoms with van der Waals surface area (Å²) in [4.78, 5) is 24.0. The highest BCUT2D eigenvalue weighted by molar-refractivity contribution is 5.79. The molecule has 1 aliphatic heterocycles.